The van der Waals surface area contributed by atoms with E-state index in [9.17, 15) is 18.0 Å². The van der Waals surface area contributed by atoms with Crippen molar-refractivity contribution < 1.29 is 27.4 Å². The summed E-state index contributed by atoms with van der Waals surface area (Å²) < 4.78 is 52.5. The van der Waals surface area contributed by atoms with E-state index in [1.54, 1.807) is 13.0 Å². The Morgan fingerprint density at radius 2 is 1.88 bits per heavy atom. The van der Waals surface area contributed by atoms with Crippen LogP contribution in [-0.4, -0.2) is 16.8 Å². The second-order valence-corrected chi connectivity index (χ2v) is 9.66. The average Bonchev–Trinajstić information content (AvgIpc) is 3.27. The predicted octanol–water partition coefficient (Wildman–Crippen LogP) is 5.96. The van der Waals surface area contributed by atoms with Crippen LogP contribution in [0.2, 0.25) is 0 Å². The van der Waals surface area contributed by atoms with E-state index in [2.05, 4.69) is 39.3 Å². The molecule has 3 heterocycles. The van der Waals surface area contributed by atoms with Gasteiger partial charge >= 0.3 is 6.29 Å². The minimum absolute atomic E-state index is 0.0224. The van der Waals surface area contributed by atoms with E-state index < -0.39 is 17.5 Å². The van der Waals surface area contributed by atoms with E-state index in [0.717, 1.165) is 29.6 Å². The van der Waals surface area contributed by atoms with Crippen LogP contribution in [0, 0.1) is 11.2 Å². The second kappa shape index (κ2) is 6.56. The zero-order valence-corrected chi connectivity index (χ0v) is 18.4. The summed E-state index contributed by atoms with van der Waals surface area (Å²) >= 11 is 0. The number of aryl methyl sites for hydroxylation is 1. The molecule has 3 aliphatic rings. The van der Waals surface area contributed by atoms with Gasteiger partial charge in [0.2, 0.25) is 5.91 Å². The Hall–Kier alpha value is -2.90. The van der Waals surface area contributed by atoms with Gasteiger partial charge in [0.15, 0.2) is 5.76 Å². The molecule has 2 aromatic rings. The summed E-state index contributed by atoms with van der Waals surface area (Å²) in [6, 6.07) is 5.20. The molecule has 1 aromatic carbocycles. The number of rotatable bonds is 4. The van der Waals surface area contributed by atoms with Crippen LogP contribution in [0.15, 0.2) is 41.4 Å². The van der Waals surface area contributed by atoms with Crippen LogP contribution in [0.1, 0.15) is 52.7 Å². The molecule has 0 bridgehead atoms. The van der Waals surface area contributed by atoms with Gasteiger partial charge in [0.25, 0.3) is 0 Å². The largest absolute Gasteiger partial charge is 0.585 e. The summed E-state index contributed by atoms with van der Waals surface area (Å²) in [5, 5.41) is 3.60. The molecule has 5 nitrogen and oxygen atoms in total. The van der Waals surface area contributed by atoms with Crippen molar-refractivity contribution in [3.8, 4) is 0 Å². The van der Waals surface area contributed by atoms with Gasteiger partial charge in [-0.25, -0.2) is 4.39 Å². The predicted molar refractivity (Wildman–Crippen MR) is 113 cm³/mol. The number of carbonyl (C=O) groups excluding carboxylic acids is 1. The Bertz CT molecular complexity index is 1220. The number of ether oxygens (including phenoxy) is 2. The number of benzene rings is 1. The molecule has 1 aromatic heterocycles. The van der Waals surface area contributed by atoms with E-state index in [0.29, 0.717) is 18.4 Å². The number of amides is 1. The fraction of sp³-hybridized carbons (Fsp3) is 0.458. The fourth-order valence-electron chi connectivity index (χ4n) is 4.78. The van der Waals surface area contributed by atoms with Gasteiger partial charge in [-0.15, -0.1) is 8.78 Å². The van der Waals surface area contributed by atoms with Gasteiger partial charge in [0, 0.05) is 29.1 Å². The number of alkyl halides is 2. The number of aromatic nitrogens is 1. The Labute approximate surface area is 183 Å². The third-order valence-corrected chi connectivity index (χ3v) is 7.03. The third-order valence-electron chi connectivity index (χ3n) is 7.03. The van der Waals surface area contributed by atoms with E-state index in [1.165, 1.54) is 19.1 Å². The highest BCUT2D eigenvalue weighted by atomic mass is 19.3. The number of fused-ring (bicyclic) bond motifs is 3. The number of anilines is 1. The first-order valence-corrected chi connectivity index (χ1v) is 10.7. The van der Waals surface area contributed by atoms with Crippen molar-refractivity contribution in [2.45, 2.75) is 65.2 Å². The number of allylic oxidation sites excluding steroid dienone is 2. The molecule has 1 saturated carbocycles. The first-order valence-electron chi connectivity index (χ1n) is 10.7. The molecule has 1 amide bonds. The highest BCUT2D eigenvalue weighted by molar-refractivity contribution is 6.01. The summed E-state index contributed by atoms with van der Waals surface area (Å²) in [5.41, 5.74) is 1.81. The third kappa shape index (κ3) is 3.19. The number of nitrogens with one attached hydrogen (secondary N) is 1. The molecular formula is C24H25F3N2O3. The summed E-state index contributed by atoms with van der Waals surface area (Å²) in [6.45, 7) is 8.24. The monoisotopic (exact) mass is 446 g/mol. The van der Waals surface area contributed by atoms with Crippen molar-refractivity contribution in [1.29, 1.82) is 0 Å². The molecule has 1 N–H and O–H groups in total. The first kappa shape index (κ1) is 21.0. The lowest BCUT2D eigenvalue weighted by atomic mass is 9.88. The van der Waals surface area contributed by atoms with Gasteiger partial charge in [-0.05, 0) is 51.3 Å². The molecular weight excluding hydrogens is 421 g/mol. The summed E-state index contributed by atoms with van der Waals surface area (Å²) in [6.07, 6.45) is -0.210. The molecule has 0 saturated heterocycles. The number of hydrogen-bond donors (Lipinski definition) is 1. The highest BCUT2D eigenvalue weighted by Gasteiger charge is 2.52. The minimum atomic E-state index is -3.71. The summed E-state index contributed by atoms with van der Waals surface area (Å²) in [4.78, 5) is 13.1. The number of halogens is 3. The quantitative estimate of drug-likeness (QED) is 0.631. The van der Waals surface area contributed by atoms with Gasteiger partial charge in [0.1, 0.15) is 11.6 Å². The zero-order chi connectivity index (χ0) is 23.1. The van der Waals surface area contributed by atoms with Crippen LogP contribution in [-0.2, 0) is 26.2 Å². The van der Waals surface area contributed by atoms with Crippen molar-refractivity contribution in [2.24, 2.45) is 5.41 Å². The van der Waals surface area contributed by atoms with Crippen molar-refractivity contribution in [2.75, 3.05) is 5.32 Å². The molecule has 32 heavy (non-hydrogen) atoms. The zero-order valence-electron chi connectivity index (χ0n) is 18.4. The lowest BCUT2D eigenvalue weighted by Crippen LogP contribution is -2.26. The van der Waals surface area contributed by atoms with Crippen LogP contribution >= 0.6 is 0 Å². The maximum atomic E-state index is 14.9. The van der Waals surface area contributed by atoms with E-state index >= 15 is 0 Å². The van der Waals surface area contributed by atoms with Crippen LogP contribution in [0.3, 0.4) is 0 Å². The van der Waals surface area contributed by atoms with Gasteiger partial charge in [-0.1, -0.05) is 19.4 Å². The number of hydrogen-bond acceptors (Lipinski definition) is 3. The number of nitrogens with zero attached hydrogens (tertiary/aromatic N) is 1. The van der Waals surface area contributed by atoms with E-state index in [1.807, 2.05) is 0 Å². The first-order chi connectivity index (χ1) is 14.9. The molecule has 2 aliphatic heterocycles. The topological polar surface area (TPSA) is 52.5 Å². The standard InChI is InChI=1S/C24H25F3N2O3/c1-13(9-19-14(2)31-24(26,27)32-19)23(5-6-23)21(30)28-17-10-15-11-20-22(3,4)7-8-29(20)18(15)12-16(17)25/h9-12H,5-8H2,1-4H3,(H,28,30)/b13-9+. The molecule has 1 fully saturated rings. The SMILES string of the molecule is CC1=C(/C=C(\C)C2(C(=O)Nc3cc4cc5n(c4cc3F)CCC5(C)C)CC2)OC(F)(F)O1. The Morgan fingerprint density at radius 3 is 2.50 bits per heavy atom. The normalized spacial score (nSPS) is 22.5. The maximum Gasteiger partial charge on any atom is 0.585 e. The number of carbonyl (C=O) groups is 1. The maximum absolute atomic E-state index is 14.9. The molecule has 0 atom stereocenters. The molecule has 1 aliphatic carbocycles. The van der Waals surface area contributed by atoms with Crippen LogP contribution in [0.5, 0.6) is 0 Å². The Morgan fingerprint density at radius 1 is 1.16 bits per heavy atom. The van der Waals surface area contributed by atoms with Gasteiger partial charge in [0.05, 0.1) is 16.6 Å². The molecule has 0 spiro atoms. The minimum Gasteiger partial charge on any atom is -0.400 e. The van der Waals surface area contributed by atoms with Gasteiger partial charge < -0.3 is 19.4 Å². The van der Waals surface area contributed by atoms with Crippen LogP contribution < -0.4 is 5.32 Å². The fourth-order valence-corrected chi connectivity index (χ4v) is 4.78. The lowest BCUT2D eigenvalue weighted by molar-refractivity contribution is -0.336. The van der Waals surface area contributed by atoms with Crippen LogP contribution in [0.25, 0.3) is 10.9 Å². The second-order valence-electron chi connectivity index (χ2n) is 9.66. The van der Waals surface area contributed by atoms with Crippen molar-refractivity contribution in [1.82, 2.24) is 4.57 Å². The molecule has 8 heteroatoms. The van der Waals surface area contributed by atoms with Gasteiger partial charge in [-0.3, -0.25) is 4.79 Å². The summed E-state index contributed by atoms with van der Waals surface area (Å²) in [5.74, 6) is -1.02. The molecule has 5 rings (SSSR count). The lowest BCUT2D eigenvalue weighted by Gasteiger charge is -2.17. The van der Waals surface area contributed by atoms with E-state index in [4.69, 9.17) is 0 Å². The van der Waals surface area contributed by atoms with E-state index in [-0.39, 0.29) is 28.5 Å². The van der Waals surface area contributed by atoms with Crippen LogP contribution in [0.4, 0.5) is 18.9 Å². The highest BCUT2D eigenvalue weighted by Crippen LogP contribution is 2.53. The summed E-state index contributed by atoms with van der Waals surface area (Å²) in [7, 11) is 0. The van der Waals surface area contributed by atoms with Crippen molar-refractivity contribution in [3.63, 3.8) is 0 Å². The van der Waals surface area contributed by atoms with Crippen molar-refractivity contribution in [3.05, 3.63) is 52.9 Å². The van der Waals surface area contributed by atoms with Crippen molar-refractivity contribution >= 4 is 22.5 Å². The molecule has 0 unspecified atom stereocenters. The molecule has 0 radical (unpaired) electrons. The Balaban J connectivity index is 1.41. The van der Waals surface area contributed by atoms with Gasteiger partial charge in [-0.2, -0.15) is 0 Å². The average molecular weight is 446 g/mol. The Kier molecular flexibility index (Phi) is 4.30. The smallest absolute Gasteiger partial charge is 0.400 e. The molecule has 170 valence electrons.